The predicted molar refractivity (Wildman–Crippen MR) is 135 cm³/mol. The van der Waals surface area contributed by atoms with Crippen LogP contribution < -0.4 is 10.6 Å². The first kappa shape index (κ1) is 24.3. The number of para-hydroxylation sites is 1. The van der Waals surface area contributed by atoms with Crippen LogP contribution in [0.25, 0.3) is 5.69 Å². The molecule has 1 amide bonds. The van der Waals surface area contributed by atoms with Crippen LogP contribution in [0.1, 0.15) is 34.5 Å². The van der Waals surface area contributed by atoms with Gasteiger partial charge in [-0.1, -0.05) is 60.7 Å². The number of benzene rings is 2. The molecule has 1 aromatic heterocycles. The van der Waals surface area contributed by atoms with Gasteiger partial charge in [0.15, 0.2) is 0 Å². The smallest absolute Gasteiger partial charge is 0.243 e. The van der Waals surface area contributed by atoms with Gasteiger partial charge in [0, 0.05) is 18.5 Å². The zero-order chi connectivity index (χ0) is 25.1. The van der Waals surface area contributed by atoms with Gasteiger partial charge >= 0.3 is 0 Å². The second-order valence-corrected chi connectivity index (χ2v) is 8.48. The van der Waals surface area contributed by atoms with Crippen molar-refractivity contribution in [2.45, 2.75) is 32.0 Å². The molecular formula is C27H28FN5O2. The first-order valence-electron chi connectivity index (χ1n) is 11.3. The van der Waals surface area contributed by atoms with Crippen molar-refractivity contribution in [3.8, 4) is 5.69 Å². The molecule has 3 atom stereocenters. The molecule has 0 aliphatic carbocycles. The van der Waals surface area contributed by atoms with Crippen LogP contribution in [0, 0.1) is 13.8 Å². The largest absolute Gasteiger partial charge is 0.374 e. The molecule has 0 radical (unpaired) electrons. The fraction of sp³-hybridized carbons (Fsp3) is 0.222. The van der Waals surface area contributed by atoms with Crippen LogP contribution in [0.15, 0.2) is 83.9 Å². The number of carbonyl (C=O) groups is 1. The van der Waals surface area contributed by atoms with Crippen LogP contribution in [-0.4, -0.2) is 39.8 Å². The number of rotatable bonds is 7. The molecular weight excluding hydrogens is 445 g/mol. The van der Waals surface area contributed by atoms with Crippen molar-refractivity contribution in [2.75, 3.05) is 12.4 Å². The molecule has 2 heterocycles. The summed E-state index contributed by atoms with van der Waals surface area (Å²) in [4.78, 5) is 16.9. The minimum absolute atomic E-state index is 0.356. The van der Waals surface area contributed by atoms with Crippen molar-refractivity contribution in [1.82, 2.24) is 15.1 Å². The molecule has 8 heteroatoms. The van der Waals surface area contributed by atoms with Crippen LogP contribution >= 0.6 is 0 Å². The van der Waals surface area contributed by atoms with Crippen LogP contribution in [0.3, 0.4) is 0 Å². The molecule has 180 valence electrons. The van der Waals surface area contributed by atoms with Gasteiger partial charge in [-0.15, -0.1) is 0 Å². The van der Waals surface area contributed by atoms with Gasteiger partial charge in [0.1, 0.15) is 18.1 Å². The summed E-state index contributed by atoms with van der Waals surface area (Å²) < 4.78 is 15.4. The molecule has 0 saturated heterocycles. The Morgan fingerprint density at radius 3 is 2.66 bits per heavy atom. The van der Waals surface area contributed by atoms with E-state index in [0.29, 0.717) is 22.6 Å². The summed E-state index contributed by atoms with van der Waals surface area (Å²) in [6, 6.07) is 16.0. The third-order valence-corrected chi connectivity index (χ3v) is 6.02. The maximum atomic E-state index is 13.8. The van der Waals surface area contributed by atoms with Crippen molar-refractivity contribution in [3.05, 3.63) is 101 Å². The summed E-state index contributed by atoms with van der Waals surface area (Å²) in [5.41, 5.74) is 4.30. The molecule has 4 rings (SSSR count). The van der Waals surface area contributed by atoms with Gasteiger partial charge < -0.3 is 10.4 Å². The highest BCUT2D eigenvalue weighted by Gasteiger charge is 2.41. The Morgan fingerprint density at radius 1 is 1.23 bits per heavy atom. The second-order valence-electron chi connectivity index (χ2n) is 8.48. The minimum Gasteiger partial charge on any atom is -0.374 e. The molecule has 7 nitrogen and oxygen atoms in total. The summed E-state index contributed by atoms with van der Waals surface area (Å²) in [5.74, 6) is -1.11. The molecule has 2 aromatic carbocycles. The normalized spacial score (nSPS) is 18.9. The number of fused-ring (bicyclic) bond motifs is 1. The number of carbonyl (C=O) groups excluding carboxylic acids is 1. The zero-order valence-corrected chi connectivity index (χ0v) is 19.9. The Hall–Kier alpha value is -3.88. The lowest BCUT2D eigenvalue weighted by Crippen LogP contribution is -2.49. The molecule has 0 saturated carbocycles. The topological polar surface area (TPSA) is 91.5 Å². The van der Waals surface area contributed by atoms with E-state index in [9.17, 15) is 14.3 Å². The highest BCUT2D eigenvalue weighted by Crippen LogP contribution is 2.41. The maximum Gasteiger partial charge on any atom is 0.243 e. The van der Waals surface area contributed by atoms with Gasteiger partial charge in [0.2, 0.25) is 11.9 Å². The van der Waals surface area contributed by atoms with Gasteiger partial charge in [0.05, 0.1) is 11.4 Å². The quantitative estimate of drug-likeness (QED) is 0.271. The van der Waals surface area contributed by atoms with Gasteiger partial charge in [-0.2, -0.15) is 9.49 Å². The molecule has 35 heavy (non-hydrogen) atoms. The van der Waals surface area contributed by atoms with E-state index in [-0.39, 0.29) is 5.91 Å². The van der Waals surface area contributed by atoms with E-state index in [0.717, 1.165) is 16.8 Å². The van der Waals surface area contributed by atoms with Crippen LogP contribution in [0.4, 0.5) is 10.2 Å². The number of aryl methyl sites for hydroxylation is 2. The number of aliphatic imine (C=N–C) groups is 1. The average molecular weight is 474 g/mol. The molecule has 0 spiro atoms. The summed E-state index contributed by atoms with van der Waals surface area (Å²) in [5, 5.41) is 21.6. The molecule has 1 unspecified atom stereocenters. The first-order valence-corrected chi connectivity index (χ1v) is 11.3. The van der Waals surface area contributed by atoms with E-state index >= 15 is 0 Å². The lowest BCUT2D eigenvalue weighted by molar-refractivity contribution is -0.119. The lowest BCUT2D eigenvalue weighted by atomic mass is 9.81. The van der Waals surface area contributed by atoms with E-state index in [1.807, 2.05) is 62.4 Å². The second kappa shape index (κ2) is 10.2. The van der Waals surface area contributed by atoms with E-state index in [2.05, 4.69) is 27.3 Å². The molecule has 0 bridgehead atoms. The summed E-state index contributed by atoms with van der Waals surface area (Å²) in [7, 11) is 1.35. The average Bonchev–Trinajstić information content (AvgIpc) is 3.18. The number of nitrogens with one attached hydrogen (secondary N) is 2. The Labute approximate surface area is 203 Å². The number of aliphatic hydroxyl groups excluding tert-OH is 1. The molecule has 3 aromatic rings. The zero-order valence-electron chi connectivity index (χ0n) is 19.9. The van der Waals surface area contributed by atoms with Crippen molar-refractivity contribution < 1.29 is 14.3 Å². The SMILES string of the molecule is C=C(/C=C\C(F)=N/C)[C@H]1c2c(C)nn(-c3ccccc3)c2NC(=O)[C@@H]1NC(O)c1cccc(C)c1. The van der Waals surface area contributed by atoms with Crippen LogP contribution in [0.5, 0.6) is 0 Å². The number of aromatic nitrogens is 2. The number of allylic oxidation sites excluding steroid dienone is 2. The highest BCUT2D eigenvalue weighted by atomic mass is 19.1. The molecule has 3 N–H and O–H groups in total. The Balaban J connectivity index is 1.79. The van der Waals surface area contributed by atoms with Crippen molar-refractivity contribution >= 4 is 17.7 Å². The van der Waals surface area contributed by atoms with Crippen molar-refractivity contribution in [2.24, 2.45) is 4.99 Å². The van der Waals surface area contributed by atoms with Gasteiger partial charge in [-0.25, -0.2) is 4.68 Å². The van der Waals surface area contributed by atoms with E-state index in [4.69, 9.17) is 0 Å². The van der Waals surface area contributed by atoms with Crippen molar-refractivity contribution in [3.63, 3.8) is 0 Å². The number of aliphatic hydroxyl groups is 1. The molecule has 0 fully saturated rings. The summed E-state index contributed by atoms with van der Waals surface area (Å²) in [6.45, 7) is 7.91. The highest BCUT2D eigenvalue weighted by molar-refractivity contribution is 5.99. The number of hydrogen-bond acceptors (Lipinski definition) is 5. The third-order valence-electron chi connectivity index (χ3n) is 6.02. The van der Waals surface area contributed by atoms with Gasteiger partial charge in [-0.05, 0) is 43.2 Å². The number of nitrogens with zero attached hydrogens (tertiary/aromatic N) is 3. The molecule has 1 aliphatic rings. The van der Waals surface area contributed by atoms with E-state index in [1.165, 1.54) is 19.2 Å². The van der Waals surface area contributed by atoms with Gasteiger partial charge in [-0.3, -0.25) is 15.1 Å². The predicted octanol–water partition coefficient (Wildman–Crippen LogP) is 4.28. The lowest BCUT2D eigenvalue weighted by Gasteiger charge is -2.34. The van der Waals surface area contributed by atoms with Crippen LogP contribution in [0.2, 0.25) is 0 Å². The maximum absolute atomic E-state index is 13.8. The minimum atomic E-state index is -1.11. The number of hydrogen-bond donors (Lipinski definition) is 3. The van der Waals surface area contributed by atoms with Crippen molar-refractivity contribution in [1.29, 1.82) is 0 Å². The van der Waals surface area contributed by atoms with E-state index < -0.39 is 24.2 Å². The summed E-state index contributed by atoms with van der Waals surface area (Å²) in [6.07, 6.45) is 1.60. The Bertz CT molecular complexity index is 1310. The number of amides is 1. The Kier molecular flexibility index (Phi) is 7.04. The number of anilines is 1. The van der Waals surface area contributed by atoms with Gasteiger partial charge in [0.25, 0.3) is 0 Å². The third kappa shape index (κ3) is 4.99. The standard InChI is InChI=1S/C27H28FN5O2/c1-16-9-8-10-19(15-16)26(34)30-24-22(17(2)13-14-21(28)29-4)23-18(3)32-33(25(23)31-27(24)35)20-11-6-5-7-12-20/h5-15,22,24,26,30,34H,2H2,1,3-4H3,(H,31,35)/b14-13-,29-21+/t22-,24+,26?/m0/s1. The Morgan fingerprint density at radius 2 is 1.97 bits per heavy atom. The van der Waals surface area contributed by atoms with Crippen LogP contribution in [-0.2, 0) is 4.79 Å². The molecule has 1 aliphatic heterocycles. The fourth-order valence-corrected chi connectivity index (χ4v) is 4.33. The monoisotopic (exact) mass is 473 g/mol. The first-order chi connectivity index (χ1) is 16.8. The summed E-state index contributed by atoms with van der Waals surface area (Å²) >= 11 is 0. The van der Waals surface area contributed by atoms with E-state index in [1.54, 1.807) is 10.7 Å². The fourth-order valence-electron chi connectivity index (χ4n) is 4.33. The number of halogens is 1.